The highest BCUT2D eigenvalue weighted by Crippen LogP contribution is 2.21. The molecule has 0 amide bonds. The quantitative estimate of drug-likeness (QED) is 0.860. The predicted octanol–water partition coefficient (Wildman–Crippen LogP) is 4.04. The molecule has 100 valence electrons. The fraction of sp³-hybridized carbons (Fsp3) is 0.625. The molecular formula is C16H25NS. The third kappa shape index (κ3) is 4.03. The van der Waals surface area contributed by atoms with E-state index in [0.717, 1.165) is 5.92 Å². The molecule has 1 fully saturated rings. The van der Waals surface area contributed by atoms with Crippen molar-refractivity contribution in [1.82, 2.24) is 5.32 Å². The molecule has 2 rings (SSSR count). The first-order valence-electron chi connectivity index (χ1n) is 7.08. The maximum Gasteiger partial charge on any atom is 0.0294 e. The van der Waals surface area contributed by atoms with Gasteiger partial charge in [-0.3, -0.25) is 0 Å². The van der Waals surface area contributed by atoms with Crippen molar-refractivity contribution in [1.29, 1.82) is 0 Å². The van der Waals surface area contributed by atoms with Crippen molar-refractivity contribution in [2.45, 2.75) is 45.7 Å². The molecule has 1 aromatic carbocycles. The molecule has 1 saturated heterocycles. The summed E-state index contributed by atoms with van der Waals surface area (Å²) in [7, 11) is 0. The van der Waals surface area contributed by atoms with Crippen LogP contribution < -0.4 is 5.32 Å². The SMILES string of the molecule is CC(C)Cc1ccc(C(C)NC2CCSC2)cc1. The lowest BCUT2D eigenvalue weighted by Crippen LogP contribution is -2.31. The first-order valence-corrected chi connectivity index (χ1v) is 8.23. The second kappa shape index (κ2) is 6.63. The van der Waals surface area contributed by atoms with Gasteiger partial charge in [-0.15, -0.1) is 0 Å². The lowest BCUT2D eigenvalue weighted by atomic mass is 9.99. The van der Waals surface area contributed by atoms with E-state index in [9.17, 15) is 0 Å². The smallest absolute Gasteiger partial charge is 0.0294 e. The van der Waals surface area contributed by atoms with Crippen LogP contribution in [-0.2, 0) is 6.42 Å². The van der Waals surface area contributed by atoms with Gasteiger partial charge < -0.3 is 5.32 Å². The largest absolute Gasteiger partial charge is 0.307 e. The van der Waals surface area contributed by atoms with Crippen molar-refractivity contribution >= 4 is 11.8 Å². The molecule has 2 unspecified atom stereocenters. The molecule has 0 aromatic heterocycles. The van der Waals surface area contributed by atoms with Crippen LogP contribution in [0.15, 0.2) is 24.3 Å². The Morgan fingerprint density at radius 2 is 1.94 bits per heavy atom. The molecule has 1 N–H and O–H groups in total. The van der Waals surface area contributed by atoms with Gasteiger partial charge in [-0.2, -0.15) is 11.8 Å². The zero-order valence-corrected chi connectivity index (χ0v) is 12.6. The first-order chi connectivity index (χ1) is 8.65. The summed E-state index contributed by atoms with van der Waals surface area (Å²) >= 11 is 2.07. The van der Waals surface area contributed by atoms with E-state index in [1.807, 2.05) is 0 Å². The summed E-state index contributed by atoms with van der Waals surface area (Å²) in [4.78, 5) is 0. The average molecular weight is 263 g/mol. The maximum atomic E-state index is 3.73. The monoisotopic (exact) mass is 263 g/mol. The molecule has 2 atom stereocenters. The first kappa shape index (κ1) is 14.0. The molecule has 1 aliphatic rings. The Morgan fingerprint density at radius 3 is 2.50 bits per heavy atom. The number of nitrogens with one attached hydrogen (secondary N) is 1. The second-order valence-electron chi connectivity index (χ2n) is 5.79. The van der Waals surface area contributed by atoms with E-state index in [1.165, 1.54) is 35.5 Å². The summed E-state index contributed by atoms with van der Waals surface area (Å²) in [5, 5.41) is 3.73. The molecule has 0 aliphatic carbocycles. The van der Waals surface area contributed by atoms with Gasteiger partial charge in [0.1, 0.15) is 0 Å². The number of benzene rings is 1. The van der Waals surface area contributed by atoms with Gasteiger partial charge in [-0.1, -0.05) is 38.1 Å². The molecule has 0 saturated carbocycles. The second-order valence-corrected chi connectivity index (χ2v) is 6.94. The van der Waals surface area contributed by atoms with E-state index in [2.05, 4.69) is 62.1 Å². The lowest BCUT2D eigenvalue weighted by Gasteiger charge is -2.19. The highest BCUT2D eigenvalue weighted by molar-refractivity contribution is 7.99. The van der Waals surface area contributed by atoms with Crippen molar-refractivity contribution in [3.05, 3.63) is 35.4 Å². The Morgan fingerprint density at radius 1 is 1.22 bits per heavy atom. The number of rotatable bonds is 5. The van der Waals surface area contributed by atoms with Crippen molar-refractivity contribution in [2.75, 3.05) is 11.5 Å². The van der Waals surface area contributed by atoms with Gasteiger partial charge >= 0.3 is 0 Å². The molecule has 1 heterocycles. The van der Waals surface area contributed by atoms with Gasteiger partial charge in [0.15, 0.2) is 0 Å². The molecule has 1 aromatic rings. The lowest BCUT2D eigenvalue weighted by molar-refractivity contribution is 0.486. The van der Waals surface area contributed by atoms with E-state index in [-0.39, 0.29) is 0 Å². The fourth-order valence-electron chi connectivity index (χ4n) is 2.53. The van der Waals surface area contributed by atoms with Crippen LogP contribution >= 0.6 is 11.8 Å². The van der Waals surface area contributed by atoms with Gasteiger partial charge in [-0.05, 0) is 42.6 Å². The number of hydrogen-bond donors (Lipinski definition) is 1. The van der Waals surface area contributed by atoms with Crippen LogP contribution in [-0.4, -0.2) is 17.5 Å². The van der Waals surface area contributed by atoms with Gasteiger partial charge in [-0.25, -0.2) is 0 Å². The van der Waals surface area contributed by atoms with E-state index >= 15 is 0 Å². The minimum atomic E-state index is 0.474. The third-order valence-corrected chi connectivity index (χ3v) is 4.70. The van der Waals surface area contributed by atoms with Crippen LogP contribution in [0.4, 0.5) is 0 Å². The van der Waals surface area contributed by atoms with Crippen LogP contribution in [0.25, 0.3) is 0 Å². The highest BCUT2D eigenvalue weighted by atomic mass is 32.2. The highest BCUT2D eigenvalue weighted by Gasteiger charge is 2.17. The molecular weight excluding hydrogens is 238 g/mol. The molecule has 0 bridgehead atoms. The maximum absolute atomic E-state index is 3.73. The van der Waals surface area contributed by atoms with Gasteiger partial charge in [0.05, 0.1) is 0 Å². The van der Waals surface area contributed by atoms with E-state index in [1.54, 1.807) is 0 Å². The molecule has 18 heavy (non-hydrogen) atoms. The normalized spacial score (nSPS) is 21.4. The van der Waals surface area contributed by atoms with Crippen LogP contribution in [0, 0.1) is 5.92 Å². The van der Waals surface area contributed by atoms with Crippen LogP contribution in [0.3, 0.4) is 0 Å². The standard InChI is InChI=1S/C16H25NS/c1-12(2)10-14-4-6-15(7-5-14)13(3)17-16-8-9-18-11-16/h4-7,12-13,16-17H,8-11H2,1-3H3. The zero-order chi connectivity index (χ0) is 13.0. The van der Waals surface area contributed by atoms with Gasteiger partial charge in [0.25, 0.3) is 0 Å². The van der Waals surface area contributed by atoms with Gasteiger partial charge in [0.2, 0.25) is 0 Å². The molecule has 1 nitrogen and oxygen atoms in total. The summed E-state index contributed by atoms with van der Waals surface area (Å²) in [5.74, 6) is 3.33. The number of thioether (sulfide) groups is 1. The van der Waals surface area contributed by atoms with Crippen LogP contribution in [0.2, 0.25) is 0 Å². The summed E-state index contributed by atoms with van der Waals surface area (Å²) in [5.41, 5.74) is 2.87. The molecule has 1 aliphatic heterocycles. The van der Waals surface area contributed by atoms with Crippen LogP contribution in [0.5, 0.6) is 0 Å². The Balaban J connectivity index is 1.91. The zero-order valence-electron chi connectivity index (χ0n) is 11.8. The Labute approximate surface area is 116 Å². The summed E-state index contributed by atoms with van der Waals surface area (Å²) in [6, 6.07) is 10.3. The predicted molar refractivity (Wildman–Crippen MR) is 82.3 cm³/mol. The average Bonchev–Trinajstić information content (AvgIpc) is 2.82. The summed E-state index contributed by atoms with van der Waals surface area (Å²) in [6.07, 6.45) is 2.50. The topological polar surface area (TPSA) is 12.0 Å². The Bertz CT molecular complexity index is 352. The van der Waals surface area contributed by atoms with Crippen molar-refractivity contribution in [3.8, 4) is 0 Å². The van der Waals surface area contributed by atoms with Crippen molar-refractivity contribution in [3.63, 3.8) is 0 Å². The summed E-state index contributed by atoms with van der Waals surface area (Å²) in [6.45, 7) is 6.83. The van der Waals surface area contributed by atoms with E-state index in [0.29, 0.717) is 12.1 Å². The molecule has 0 spiro atoms. The van der Waals surface area contributed by atoms with E-state index < -0.39 is 0 Å². The molecule has 0 radical (unpaired) electrons. The summed E-state index contributed by atoms with van der Waals surface area (Å²) < 4.78 is 0. The van der Waals surface area contributed by atoms with E-state index in [4.69, 9.17) is 0 Å². The van der Waals surface area contributed by atoms with Crippen LogP contribution in [0.1, 0.15) is 44.4 Å². The van der Waals surface area contributed by atoms with Crippen molar-refractivity contribution in [2.24, 2.45) is 5.92 Å². The fourth-order valence-corrected chi connectivity index (χ4v) is 3.69. The minimum absolute atomic E-state index is 0.474. The Hall–Kier alpha value is -0.470. The minimum Gasteiger partial charge on any atom is -0.307 e. The van der Waals surface area contributed by atoms with Gasteiger partial charge in [0, 0.05) is 17.8 Å². The Kier molecular flexibility index (Phi) is 5.13. The third-order valence-electron chi connectivity index (χ3n) is 3.54. The number of hydrogen-bond acceptors (Lipinski definition) is 2. The molecule has 2 heteroatoms. The van der Waals surface area contributed by atoms with Crippen molar-refractivity contribution < 1.29 is 0 Å².